The SMILES string of the molecule is CCN(CC(=O)NC(C)(C)C)CC(=O)N(CCC#N)c1ccc(Cl)c(C)c1. The van der Waals surface area contributed by atoms with Crippen molar-refractivity contribution in [2.45, 2.75) is 46.6 Å². The quantitative estimate of drug-likeness (QED) is 0.737. The topological polar surface area (TPSA) is 76.4 Å². The van der Waals surface area contributed by atoms with Crippen LogP contribution in [0, 0.1) is 18.3 Å². The van der Waals surface area contributed by atoms with Gasteiger partial charge in [0.25, 0.3) is 0 Å². The number of benzene rings is 1. The number of hydrogen-bond donors (Lipinski definition) is 1. The standard InChI is InChI=1S/C20H29ClN4O2/c1-6-24(13-18(26)23-20(3,4)5)14-19(27)25(11-7-10-22)16-8-9-17(21)15(2)12-16/h8-9,12H,6-7,11,13-14H2,1-5H3,(H,23,26). The number of likely N-dealkylation sites (N-methyl/N-ethyl adjacent to an activating group) is 1. The Morgan fingerprint density at radius 3 is 2.44 bits per heavy atom. The first-order valence-electron chi connectivity index (χ1n) is 9.04. The highest BCUT2D eigenvalue weighted by molar-refractivity contribution is 6.31. The Bertz CT molecular complexity index is 707. The number of nitriles is 1. The predicted octanol–water partition coefficient (Wildman–Crippen LogP) is 3.13. The second-order valence-corrected chi connectivity index (χ2v) is 7.90. The van der Waals surface area contributed by atoms with Crippen LogP contribution in [0.1, 0.15) is 39.7 Å². The predicted molar refractivity (Wildman–Crippen MR) is 109 cm³/mol. The summed E-state index contributed by atoms with van der Waals surface area (Å²) in [6.07, 6.45) is 0.226. The Kier molecular flexibility index (Phi) is 8.74. The molecule has 0 fully saturated rings. The molecule has 1 aromatic rings. The Labute approximate surface area is 167 Å². The smallest absolute Gasteiger partial charge is 0.241 e. The largest absolute Gasteiger partial charge is 0.350 e. The molecular formula is C20H29ClN4O2. The average Bonchev–Trinajstić information content (AvgIpc) is 2.55. The van der Waals surface area contributed by atoms with Crippen molar-refractivity contribution in [1.82, 2.24) is 10.2 Å². The summed E-state index contributed by atoms with van der Waals surface area (Å²) >= 11 is 6.08. The van der Waals surface area contributed by atoms with E-state index in [0.29, 0.717) is 23.8 Å². The van der Waals surface area contributed by atoms with Crippen LogP contribution < -0.4 is 10.2 Å². The van der Waals surface area contributed by atoms with Gasteiger partial charge in [-0.05, 0) is 58.0 Å². The van der Waals surface area contributed by atoms with Gasteiger partial charge >= 0.3 is 0 Å². The molecule has 0 spiro atoms. The van der Waals surface area contributed by atoms with E-state index in [1.807, 2.05) is 40.7 Å². The lowest BCUT2D eigenvalue weighted by Gasteiger charge is -2.28. The molecule has 0 unspecified atom stereocenters. The van der Waals surface area contributed by atoms with Crippen molar-refractivity contribution in [2.24, 2.45) is 0 Å². The van der Waals surface area contributed by atoms with Gasteiger partial charge in [-0.3, -0.25) is 14.5 Å². The van der Waals surface area contributed by atoms with Gasteiger partial charge in [-0.15, -0.1) is 0 Å². The molecule has 0 aromatic heterocycles. The number of carbonyl (C=O) groups is 2. The first kappa shape index (κ1) is 22.9. The third-order valence-electron chi connectivity index (χ3n) is 3.89. The molecule has 1 rings (SSSR count). The van der Waals surface area contributed by atoms with Crippen LogP contribution in [0.15, 0.2) is 18.2 Å². The van der Waals surface area contributed by atoms with Crippen LogP contribution in [-0.4, -0.2) is 48.4 Å². The van der Waals surface area contributed by atoms with Crippen molar-refractivity contribution in [1.29, 1.82) is 5.26 Å². The first-order chi connectivity index (χ1) is 12.6. The lowest BCUT2D eigenvalue weighted by atomic mass is 10.1. The van der Waals surface area contributed by atoms with Gasteiger partial charge in [0.2, 0.25) is 11.8 Å². The van der Waals surface area contributed by atoms with E-state index in [1.165, 1.54) is 0 Å². The number of rotatable bonds is 8. The van der Waals surface area contributed by atoms with Crippen molar-refractivity contribution in [3.05, 3.63) is 28.8 Å². The van der Waals surface area contributed by atoms with Crippen LogP contribution in [0.3, 0.4) is 0 Å². The second-order valence-electron chi connectivity index (χ2n) is 7.49. The zero-order valence-electron chi connectivity index (χ0n) is 16.8. The fourth-order valence-corrected chi connectivity index (χ4v) is 2.69. The van der Waals surface area contributed by atoms with E-state index >= 15 is 0 Å². The minimum atomic E-state index is -0.319. The van der Waals surface area contributed by atoms with E-state index < -0.39 is 0 Å². The molecule has 7 heteroatoms. The first-order valence-corrected chi connectivity index (χ1v) is 9.42. The number of amides is 2. The van der Waals surface area contributed by atoms with Gasteiger partial charge in [0.15, 0.2) is 0 Å². The molecule has 0 aliphatic carbocycles. The molecule has 1 N–H and O–H groups in total. The van der Waals surface area contributed by atoms with Gasteiger partial charge in [-0.1, -0.05) is 18.5 Å². The summed E-state index contributed by atoms with van der Waals surface area (Å²) in [5.74, 6) is -0.277. The maximum absolute atomic E-state index is 12.9. The normalized spacial score (nSPS) is 11.2. The average molecular weight is 393 g/mol. The minimum Gasteiger partial charge on any atom is -0.350 e. The number of aryl methyl sites for hydroxylation is 1. The maximum Gasteiger partial charge on any atom is 0.241 e. The monoisotopic (exact) mass is 392 g/mol. The van der Waals surface area contributed by atoms with E-state index in [-0.39, 0.29) is 36.9 Å². The minimum absolute atomic E-state index is 0.0984. The van der Waals surface area contributed by atoms with Crippen LogP contribution >= 0.6 is 11.6 Å². The van der Waals surface area contributed by atoms with Crippen molar-refractivity contribution in [3.8, 4) is 6.07 Å². The van der Waals surface area contributed by atoms with Gasteiger partial charge in [0, 0.05) is 22.8 Å². The third-order valence-corrected chi connectivity index (χ3v) is 4.31. The highest BCUT2D eigenvalue weighted by Gasteiger charge is 2.21. The number of nitrogens with zero attached hydrogens (tertiary/aromatic N) is 3. The van der Waals surface area contributed by atoms with Crippen molar-refractivity contribution < 1.29 is 9.59 Å². The molecule has 0 aliphatic rings. The Hall–Kier alpha value is -2.10. The molecule has 0 atom stereocenters. The van der Waals surface area contributed by atoms with Gasteiger partial charge in [0.05, 0.1) is 25.6 Å². The highest BCUT2D eigenvalue weighted by atomic mass is 35.5. The van der Waals surface area contributed by atoms with E-state index in [2.05, 4.69) is 11.4 Å². The summed E-state index contributed by atoms with van der Waals surface area (Å²) in [5, 5.41) is 12.5. The van der Waals surface area contributed by atoms with Crippen molar-refractivity contribution in [3.63, 3.8) is 0 Å². The molecule has 0 bridgehead atoms. The van der Waals surface area contributed by atoms with E-state index in [1.54, 1.807) is 21.9 Å². The fourth-order valence-electron chi connectivity index (χ4n) is 2.57. The van der Waals surface area contributed by atoms with Gasteiger partial charge in [-0.25, -0.2) is 0 Å². The molecule has 0 saturated heterocycles. The molecule has 27 heavy (non-hydrogen) atoms. The molecule has 2 amide bonds. The molecule has 0 heterocycles. The molecule has 1 aromatic carbocycles. The van der Waals surface area contributed by atoms with E-state index in [0.717, 1.165) is 5.56 Å². The maximum atomic E-state index is 12.9. The third kappa shape index (κ3) is 7.98. The zero-order chi connectivity index (χ0) is 20.6. The Balaban J connectivity index is 2.89. The second kappa shape index (κ2) is 10.3. The van der Waals surface area contributed by atoms with E-state index in [9.17, 15) is 9.59 Å². The summed E-state index contributed by atoms with van der Waals surface area (Å²) in [6.45, 7) is 10.6. The van der Waals surface area contributed by atoms with Crippen LogP contribution in [0.5, 0.6) is 0 Å². The summed E-state index contributed by atoms with van der Waals surface area (Å²) in [5.41, 5.74) is 1.24. The zero-order valence-corrected chi connectivity index (χ0v) is 17.6. The lowest BCUT2D eigenvalue weighted by Crippen LogP contribution is -2.48. The van der Waals surface area contributed by atoms with E-state index in [4.69, 9.17) is 16.9 Å². The van der Waals surface area contributed by atoms with Crippen molar-refractivity contribution >= 4 is 29.1 Å². The highest BCUT2D eigenvalue weighted by Crippen LogP contribution is 2.23. The van der Waals surface area contributed by atoms with Crippen LogP contribution in [0.25, 0.3) is 0 Å². The number of halogens is 1. The van der Waals surface area contributed by atoms with Gasteiger partial charge < -0.3 is 10.2 Å². The van der Waals surface area contributed by atoms with Gasteiger partial charge in [-0.2, -0.15) is 5.26 Å². The molecule has 0 aliphatic heterocycles. The molecule has 0 saturated carbocycles. The molecule has 6 nitrogen and oxygen atoms in total. The Morgan fingerprint density at radius 1 is 1.26 bits per heavy atom. The van der Waals surface area contributed by atoms with Crippen LogP contribution in [0.2, 0.25) is 5.02 Å². The lowest BCUT2D eigenvalue weighted by molar-refractivity contribution is -0.125. The molecular weight excluding hydrogens is 364 g/mol. The van der Waals surface area contributed by atoms with Crippen molar-refractivity contribution in [2.75, 3.05) is 31.1 Å². The summed E-state index contributed by atoms with van der Waals surface area (Å²) in [4.78, 5) is 28.4. The molecule has 148 valence electrons. The Morgan fingerprint density at radius 2 is 1.93 bits per heavy atom. The molecule has 0 radical (unpaired) electrons. The number of nitrogens with one attached hydrogen (secondary N) is 1. The van der Waals surface area contributed by atoms with Gasteiger partial charge in [0.1, 0.15) is 0 Å². The summed E-state index contributed by atoms with van der Waals surface area (Å²) in [7, 11) is 0. The fraction of sp³-hybridized carbons (Fsp3) is 0.550. The summed E-state index contributed by atoms with van der Waals surface area (Å²) < 4.78 is 0. The number of hydrogen-bond acceptors (Lipinski definition) is 4. The van der Waals surface area contributed by atoms with Crippen LogP contribution in [-0.2, 0) is 9.59 Å². The summed E-state index contributed by atoms with van der Waals surface area (Å²) in [6, 6.07) is 7.42. The number of carbonyl (C=O) groups excluding carboxylic acids is 2. The van der Waals surface area contributed by atoms with Crippen LogP contribution in [0.4, 0.5) is 5.69 Å². The number of anilines is 1.